The number of esters is 2. The molecule has 2 heterocycles. The van der Waals surface area contributed by atoms with Crippen molar-refractivity contribution in [1.82, 2.24) is 0 Å². The summed E-state index contributed by atoms with van der Waals surface area (Å²) in [4.78, 5) is 23.6. The molecule has 2 aliphatic heterocycles. The lowest BCUT2D eigenvalue weighted by atomic mass is 9.80. The fraction of sp³-hybridized carbons (Fsp3) is 0.789. The molecule has 182 valence electrons. The maximum absolute atomic E-state index is 12.1. The molecule has 0 aromatic heterocycles. The molecule has 1 aliphatic carbocycles. The highest BCUT2D eigenvalue weighted by Gasteiger charge is 2.64. The van der Waals surface area contributed by atoms with Crippen LogP contribution < -0.4 is 0 Å². The van der Waals surface area contributed by atoms with Gasteiger partial charge in [0, 0.05) is 12.8 Å². The second-order valence-corrected chi connectivity index (χ2v) is 8.20. The van der Waals surface area contributed by atoms with Crippen LogP contribution in [0.15, 0.2) is 11.8 Å². The van der Waals surface area contributed by atoms with Gasteiger partial charge < -0.3 is 54.3 Å². The SMILES string of the molecule is COC(=O)C1=CO[C@@H](O[C@@H]2O[C@H](CO)[C@@H](O)[C@H](O)[C@H]2OC(C)=O)[C@H]2[C@@H]1[C@H](O)[C@H](O)[C@]2(C)O. The van der Waals surface area contributed by atoms with E-state index in [1.807, 2.05) is 0 Å². The summed E-state index contributed by atoms with van der Waals surface area (Å²) in [6.07, 6.45) is -11.5. The molecule has 13 heteroatoms. The third kappa shape index (κ3) is 4.10. The Kier molecular flexibility index (Phi) is 7.12. The van der Waals surface area contributed by atoms with E-state index in [9.17, 15) is 40.2 Å². The van der Waals surface area contributed by atoms with Crippen molar-refractivity contribution >= 4 is 11.9 Å². The van der Waals surface area contributed by atoms with Crippen LogP contribution in [0, 0.1) is 11.8 Å². The highest BCUT2D eigenvalue weighted by Crippen LogP contribution is 2.50. The third-order valence-electron chi connectivity index (χ3n) is 6.15. The van der Waals surface area contributed by atoms with E-state index in [-0.39, 0.29) is 5.57 Å². The maximum atomic E-state index is 12.1. The molecule has 0 aromatic carbocycles. The minimum atomic E-state index is -2.01. The Morgan fingerprint density at radius 1 is 1.12 bits per heavy atom. The molecule has 0 bridgehead atoms. The zero-order chi connectivity index (χ0) is 24.0. The van der Waals surface area contributed by atoms with Crippen molar-refractivity contribution in [3.05, 3.63) is 11.8 Å². The number of carbonyl (C=O) groups excluding carboxylic acids is 2. The Morgan fingerprint density at radius 3 is 2.34 bits per heavy atom. The lowest BCUT2D eigenvalue weighted by molar-refractivity contribution is -0.348. The summed E-state index contributed by atoms with van der Waals surface area (Å²) in [6.45, 7) is 1.57. The van der Waals surface area contributed by atoms with Gasteiger partial charge in [0.15, 0.2) is 6.10 Å². The topological polar surface area (TPSA) is 202 Å². The largest absolute Gasteiger partial charge is 0.471 e. The van der Waals surface area contributed by atoms with Gasteiger partial charge in [-0.2, -0.15) is 0 Å². The molecule has 0 radical (unpaired) electrons. The number of ether oxygens (including phenoxy) is 5. The van der Waals surface area contributed by atoms with Gasteiger partial charge in [0.1, 0.15) is 24.4 Å². The number of carbonyl (C=O) groups is 2. The van der Waals surface area contributed by atoms with E-state index in [1.54, 1.807) is 0 Å². The van der Waals surface area contributed by atoms with Crippen molar-refractivity contribution in [2.24, 2.45) is 11.8 Å². The number of hydrogen-bond acceptors (Lipinski definition) is 13. The van der Waals surface area contributed by atoms with Crippen molar-refractivity contribution in [3.8, 4) is 0 Å². The first-order valence-electron chi connectivity index (χ1n) is 9.93. The molecule has 0 unspecified atom stereocenters. The van der Waals surface area contributed by atoms with Gasteiger partial charge in [0.05, 0.1) is 43.2 Å². The lowest BCUT2D eigenvalue weighted by Crippen LogP contribution is -2.62. The molecule has 0 aromatic rings. The number of methoxy groups -OCH3 is 1. The number of fused-ring (bicyclic) bond motifs is 1. The first-order valence-corrected chi connectivity index (χ1v) is 9.93. The summed E-state index contributed by atoms with van der Waals surface area (Å²) in [7, 11) is 1.11. The molecule has 0 amide bonds. The lowest BCUT2D eigenvalue weighted by Gasteiger charge is -2.45. The fourth-order valence-electron chi connectivity index (χ4n) is 4.47. The van der Waals surface area contributed by atoms with Gasteiger partial charge in [-0.1, -0.05) is 0 Å². The quantitative estimate of drug-likeness (QED) is 0.219. The van der Waals surface area contributed by atoms with Crippen LogP contribution in [0.1, 0.15) is 13.8 Å². The predicted molar refractivity (Wildman–Crippen MR) is 99.0 cm³/mol. The van der Waals surface area contributed by atoms with Crippen molar-refractivity contribution in [2.75, 3.05) is 13.7 Å². The fourth-order valence-corrected chi connectivity index (χ4v) is 4.47. The van der Waals surface area contributed by atoms with Gasteiger partial charge in [-0.25, -0.2) is 4.79 Å². The Morgan fingerprint density at radius 2 is 1.78 bits per heavy atom. The molecule has 32 heavy (non-hydrogen) atoms. The van der Waals surface area contributed by atoms with Crippen LogP contribution in [0.3, 0.4) is 0 Å². The van der Waals surface area contributed by atoms with Crippen molar-refractivity contribution in [2.45, 2.75) is 68.7 Å². The van der Waals surface area contributed by atoms with Crippen LogP contribution in [0.4, 0.5) is 0 Å². The van der Waals surface area contributed by atoms with Gasteiger partial charge >= 0.3 is 11.9 Å². The average Bonchev–Trinajstić information content (AvgIpc) is 2.93. The van der Waals surface area contributed by atoms with E-state index in [2.05, 4.69) is 4.74 Å². The van der Waals surface area contributed by atoms with Crippen LogP contribution in [-0.2, 0) is 33.3 Å². The number of hydrogen-bond donors (Lipinski definition) is 6. The first kappa shape index (κ1) is 24.8. The zero-order valence-corrected chi connectivity index (χ0v) is 17.6. The molecule has 1 saturated carbocycles. The molecule has 13 nitrogen and oxygen atoms in total. The van der Waals surface area contributed by atoms with E-state index in [1.165, 1.54) is 6.92 Å². The second kappa shape index (κ2) is 9.19. The summed E-state index contributed by atoms with van der Waals surface area (Å²) >= 11 is 0. The van der Waals surface area contributed by atoms with E-state index >= 15 is 0 Å². The summed E-state index contributed by atoms with van der Waals surface area (Å²) in [5, 5.41) is 61.7. The van der Waals surface area contributed by atoms with Crippen molar-refractivity contribution < 1.29 is 63.9 Å². The Hall–Kier alpha value is -1.84. The standard InChI is InChI=1S/C19H28O13/c1-6(21)30-14-13(24)11(22)8(4-20)31-18(14)32-17-10-9(7(5-29-17)16(26)28-3)12(23)15(25)19(10,2)27/h5,8-15,17-18,20,22-25,27H,4H2,1-3H3/t8-,9-,10-,11-,12+,13+,14-,15+,17+,18+,19-/m1/s1. The highest BCUT2D eigenvalue weighted by molar-refractivity contribution is 5.89. The Labute approximate surface area is 182 Å². The number of aliphatic hydroxyl groups is 6. The van der Waals surface area contributed by atoms with Crippen molar-refractivity contribution in [3.63, 3.8) is 0 Å². The van der Waals surface area contributed by atoms with Crippen LogP contribution in [0.25, 0.3) is 0 Å². The molecular weight excluding hydrogens is 436 g/mol. The minimum Gasteiger partial charge on any atom is -0.471 e. The highest BCUT2D eigenvalue weighted by atomic mass is 16.8. The van der Waals surface area contributed by atoms with Gasteiger partial charge in [0.25, 0.3) is 0 Å². The third-order valence-corrected chi connectivity index (χ3v) is 6.15. The van der Waals surface area contributed by atoms with Crippen molar-refractivity contribution in [1.29, 1.82) is 0 Å². The van der Waals surface area contributed by atoms with E-state index < -0.39 is 85.2 Å². The second-order valence-electron chi connectivity index (χ2n) is 8.20. The molecule has 2 fully saturated rings. The molecule has 0 spiro atoms. The monoisotopic (exact) mass is 464 g/mol. The normalized spacial score (nSPS) is 46.0. The smallest absolute Gasteiger partial charge is 0.337 e. The van der Waals surface area contributed by atoms with Crippen LogP contribution in [0.5, 0.6) is 0 Å². The first-order chi connectivity index (χ1) is 14.9. The van der Waals surface area contributed by atoms with E-state index in [4.69, 9.17) is 18.9 Å². The molecule has 1 saturated heterocycles. The minimum absolute atomic E-state index is 0.147. The molecule has 6 N–H and O–H groups in total. The van der Waals surface area contributed by atoms with Gasteiger partial charge in [-0.3, -0.25) is 4.79 Å². The summed E-state index contributed by atoms with van der Waals surface area (Å²) < 4.78 is 26.3. The molecular formula is C19H28O13. The van der Waals surface area contributed by atoms with Crippen LogP contribution >= 0.6 is 0 Å². The Bertz CT molecular complexity index is 752. The van der Waals surface area contributed by atoms with E-state index in [0.717, 1.165) is 20.3 Å². The van der Waals surface area contributed by atoms with Gasteiger partial charge in [-0.15, -0.1) is 0 Å². The zero-order valence-electron chi connectivity index (χ0n) is 17.6. The number of rotatable bonds is 5. The van der Waals surface area contributed by atoms with E-state index in [0.29, 0.717) is 0 Å². The van der Waals surface area contributed by atoms with Crippen LogP contribution in [0.2, 0.25) is 0 Å². The molecule has 3 rings (SSSR count). The van der Waals surface area contributed by atoms with Gasteiger partial charge in [0.2, 0.25) is 12.6 Å². The summed E-state index contributed by atoms with van der Waals surface area (Å²) in [5.41, 5.74) is -2.16. The molecule has 11 atom stereocenters. The average molecular weight is 464 g/mol. The Balaban J connectivity index is 1.94. The molecule has 3 aliphatic rings. The van der Waals surface area contributed by atoms with Gasteiger partial charge in [-0.05, 0) is 6.92 Å². The maximum Gasteiger partial charge on any atom is 0.337 e. The number of aliphatic hydroxyl groups excluding tert-OH is 5. The van der Waals surface area contributed by atoms with Crippen LogP contribution in [-0.4, -0.2) is 111 Å². The predicted octanol–water partition coefficient (Wildman–Crippen LogP) is -3.49. The summed E-state index contributed by atoms with van der Waals surface area (Å²) in [5.74, 6) is -4.07. The summed E-state index contributed by atoms with van der Waals surface area (Å²) in [6, 6.07) is 0.